The Balaban J connectivity index is 0.00000420. The second-order valence-corrected chi connectivity index (χ2v) is 15.1. The summed E-state index contributed by atoms with van der Waals surface area (Å²) in [5, 5.41) is 2.25. The second-order valence-electron chi connectivity index (χ2n) is 15.1. The van der Waals surface area contributed by atoms with Crippen molar-refractivity contribution in [2.75, 3.05) is 9.80 Å². The summed E-state index contributed by atoms with van der Waals surface area (Å²) in [4.78, 5) is 9.25. The van der Waals surface area contributed by atoms with Crippen molar-refractivity contribution < 1.29 is 25.8 Å². The third-order valence-corrected chi connectivity index (χ3v) is 9.43. The third-order valence-electron chi connectivity index (χ3n) is 9.43. The van der Waals surface area contributed by atoms with Crippen LogP contribution in [0.1, 0.15) is 47.1 Å². The molecule has 0 aliphatic carbocycles. The number of anilines is 2. The average Bonchev–Trinajstić information content (AvgIpc) is 3.73. The predicted octanol–water partition coefficient (Wildman–Crippen LogP) is 11.9. The molecular weight excluding hydrogens is 820 g/mol. The summed E-state index contributed by atoms with van der Waals surface area (Å²) < 4.78 is 8.73. The first kappa shape index (κ1) is 35.3. The van der Waals surface area contributed by atoms with Crippen LogP contribution in [0, 0.1) is 24.2 Å². The SMILES string of the molecule is CC(C)(C)C1=CN(c2ccccc2-c2ccccc2)[CH-]N1c1[c-]c(Oc2[c-]c3c(cc2)c2ccccc2n3-c2cc(C(C)(C)C)ccn2)ccc1.[Pt]. The maximum absolute atomic E-state index is 6.54. The van der Waals surface area contributed by atoms with Gasteiger partial charge < -0.3 is 19.1 Å². The maximum Gasteiger partial charge on any atom is 0.135 e. The van der Waals surface area contributed by atoms with Gasteiger partial charge in [-0.3, -0.25) is 0 Å². The van der Waals surface area contributed by atoms with Crippen LogP contribution in [0.25, 0.3) is 38.8 Å². The van der Waals surface area contributed by atoms with Crippen LogP contribution < -0.4 is 14.5 Å². The minimum absolute atomic E-state index is 0. The molecule has 264 valence electrons. The number of aromatic nitrogens is 2. The third kappa shape index (κ3) is 6.66. The molecule has 0 N–H and O–H groups in total. The fourth-order valence-electron chi connectivity index (χ4n) is 6.79. The topological polar surface area (TPSA) is 33.5 Å². The molecule has 0 fully saturated rings. The molecule has 1 aliphatic rings. The van der Waals surface area contributed by atoms with Crippen molar-refractivity contribution in [2.24, 2.45) is 5.41 Å². The molecule has 5 nitrogen and oxygen atoms in total. The summed E-state index contributed by atoms with van der Waals surface area (Å²) in [6.45, 7) is 15.5. The smallest absolute Gasteiger partial charge is 0.135 e. The molecule has 0 atom stereocenters. The molecule has 8 rings (SSSR count). The number of benzene rings is 5. The van der Waals surface area contributed by atoms with Gasteiger partial charge in [-0.1, -0.05) is 114 Å². The van der Waals surface area contributed by atoms with E-state index in [9.17, 15) is 0 Å². The summed E-state index contributed by atoms with van der Waals surface area (Å²) in [7, 11) is 0. The zero-order chi connectivity index (χ0) is 35.3. The molecule has 1 aliphatic heterocycles. The minimum Gasteiger partial charge on any atom is -0.509 e. The Bertz CT molecular complexity index is 2420. The Labute approximate surface area is 321 Å². The van der Waals surface area contributed by atoms with Gasteiger partial charge in [0.25, 0.3) is 0 Å². The fourth-order valence-corrected chi connectivity index (χ4v) is 6.79. The summed E-state index contributed by atoms with van der Waals surface area (Å²) in [5.41, 5.74) is 8.59. The van der Waals surface area contributed by atoms with Crippen LogP contribution in [0.3, 0.4) is 0 Å². The number of para-hydroxylation sites is 2. The van der Waals surface area contributed by atoms with Gasteiger partial charge in [0.1, 0.15) is 5.82 Å². The van der Waals surface area contributed by atoms with E-state index in [1.54, 1.807) is 0 Å². The van der Waals surface area contributed by atoms with Gasteiger partial charge in [-0.15, -0.1) is 48.1 Å². The van der Waals surface area contributed by atoms with Crippen LogP contribution in [0.15, 0.2) is 139 Å². The molecular formula is C46H41N4OPt-3. The monoisotopic (exact) mass is 860 g/mol. The molecule has 6 heteroatoms. The molecule has 2 aromatic heterocycles. The van der Waals surface area contributed by atoms with Gasteiger partial charge in [0.2, 0.25) is 0 Å². The molecule has 0 spiro atoms. The second kappa shape index (κ2) is 13.8. The maximum atomic E-state index is 6.54. The van der Waals surface area contributed by atoms with Crippen molar-refractivity contribution in [3.8, 4) is 28.4 Å². The molecule has 0 radical (unpaired) electrons. The van der Waals surface area contributed by atoms with Crippen molar-refractivity contribution >= 4 is 33.2 Å². The molecule has 7 aromatic rings. The van der Waals surface area contributed by atoms with Gasteiger partial charge in [0.15, 0.2) is 0 Å². The van der Waals surface area contributed by atoms with Crippen LogP contribution in [0.5, 0.6) is 11.5 Å². The van der Waals surface area contributed by atoms with Gasteiger partial charge in [-0.05, 0) is 52.4 Å². The summed E-state index contributed by atoms with van der Waals surface area (Å²) in [6.07, 6.45) is 4.13. The standard InChI is InChI=1S/C46H41N4O.Pt/c1-45(2,3)33-25-26-47-44(27-33)50-41-22-13-11-20-38(41)39-24-23-36(29-42(39)50)51-35-18-14-17-34(28-35)49-31-48(30-43(49)46(4,5)6)40-21-12-10-19-37(40)32-15-8-7-9-16-32;/h7-27,30-31H,1-6H3;/q-3;. The number of nitrogens with zero attached hydrogens (tertiary/aromatic N) is 4. The van der Waals surface area contributed by atoms with E-state index in [1.807, 2.05) is 24.4 Å². The molecule has 0 saturated heterocycles. The number of ether oxygens (including phenoxy) is 1. The number of allylic oxidation sites excluding steroid dienone is 1. The Morgan fingerprint density at radius 1 is 0.673 bits per heavy atom. The van der Waals surface area contributed by atoms with Crippen molar-refractivity contribution in [1.29, 1.82) is 0 Å². The van der Waals surface area contributed by atoms with Crippen molar-refractivity contribution in [3.63, 3.8) is 0 Å². The molecule has 0 saturated carbocycles. The van der Waals surface area contributed by atoms with Gasteiger partial charge >= 0.3 is 0 Å². The molecule has 0 bridgehead atoms. The van der Waals surface area contributed by atoms with Crippen LogP contribution >= 0.6 is 0 Å². The minimum atomic E-state index is -0.137. The van der Waals surface area contributed by atoms with E-state index in [0.29, 0.717) is 11.5 Å². The Morgan fingerprint density at radius 2 is 1.40 bits per heavy atom. The zero-order valence-electron chi connectivity index (χ0n) is 30.3. The summed E-state index contributed by atoms with van der Waals surface area (Å²) in [6, 6.07) is 49.1. The van der Waals surface area contributed by atoms with E-state index < -0.39 is 0 Å². The molecule has 5 aromatic carbocycles. The van der Waals surface area contributed by atoms with E-state index in [-0.39, 0.29) is 31.9 Å². The van der Waals surface area contributed by atoms with Crippen molar-refractivity contribution in [1.82, 2.24) is 9.55 Å². The van der Waals surface area contributed by atoms with Crippen LogP contribution in [-0.4, -0.2) is 9.55 Å². The average molecular weight is 861 g/mol. The number of hydrogen-bond acceptors (Lipinski definition) is 4. The van der Waals surface area contributed by atoms with E-state index in [1.165, 1.54) is 16.7 Å². The van der Waals surface area contributed by atoms with E-state index in [0.717, 1.165) is 44.7 Å². The number of hydrogen-bond donors (Lipinski definition) is 0. The molecule has 3 heterocycles. The molecule has 52 heavy (non-hydrogen) atoms. The van der Waals surface area contributed by atoms with Gasteiger partial charge in [-0.2, -0.15) is 12.1 Å². The number of rotatable bonds is 6. The Morgan fingerprint density at radius 3 is 2.19 bits per heavy atom. The normalized spacial score (nSPS) is 13.4. The van der Waals surface area contributed by atoms with Crippen LogP contribution in [0.2, 0.25) is 0 Å². The van der Waals surface area contributed by atoms with Crippen LogP contribution in [-0.2, 0) is 26.5 Å². The first-order valence-electron chi connectivity index (χ1n) is 17.5. The van der Waals surface area contributed by atoms with Crippen LogP contribution in [0.4, 0.5) is 11.4 Å². The van der Waals surface area contributed by atoms with Crippen molar-refractivity contribution in [3.05, 3.63) is 164 Å². The van der Waals surface area contributed by atoms with Gasteiger partial charge in [-0.25, -0.2) is 4.98 Å². The summed E-state index contributed by atoms with van der Waals surface area (Å²) >= 11 is 0. The van der Waals surface area contributed by atoms with E-state index >= 15 is 0 Å². The molecule has 0 amide bonds. The van der Waals surface area contributed by atoms with E-state index in [4.69, 9.17) is 9.72 Å². The Kier molecular flexibility index (Phi) is 9.35. The first-order chi connectivity index (χ1) is 24.5. The zero-order valence-corrected chi connectivity index (χ0v) is 32.6. The number of fused-ring (bicyclic) bond motifs is 3. The van der Waals surface area contributed by atoms with Gasteiger partial charge in [0.05, 0.1) is 0 Å². The fraction of sp³-hybridized carbons (Fsp3) is 0.174. The number of pyridine rings is 1. The van der Waals surface area contributed by atoms with Crippen molar-refractivity contribution in [2.45, 2.75) is 47.0 Å². The van der Waals surface area contributed by atoms with E-state index in [2.05, 4.69) is 184 Å². The predicted molar refractivity (Wildman–Crippen MR) is 210 cm³/mol. The largest absolute Gasteiger partial charge is 0.509 e. The quantitative estimate of drug-likeness (QED) is 0.156. The van der Waals surface area contributed by atoms with Gasteiger partial charge in [0, 0.05) is 66.6 Å². The Hall–Kier alpha value is -5.12. The summed E-state index contributed by atoms with van der Waals surface area (Å²) in [5.74, 6) is 2.09. The first-order valence-corrected chi connectivity index (χ1v) is 17.5. The molecule has 0 unspecified atom stereocenters.